The minimum Gasteiger partial charge on any atom is -0.380 e. The third-order valence-electron chi connectivity index (χ3n) is 4.76. The molecule has 10 nitrogen and oxygen atoms in total. The van der Waals surface area contributed by atoms with Crippen molar-refractivity contribution in [2.24, 2.45) is 10.1 Å². The van der Waals surface area contributed by atoms with Crippen LogP contribution in [0.15, 0.2) is 52.4 Å². The number of hydrogen-bond donors (Lipinski definition) is 1. The summed E-state index contributed by atoms with van der Waals surface area (Å²) in [5, 5.41) is 16.8. The summed E-state index contributed by atoms with van der Waals surface area (Å²) in [5.41, 5.74) is 0.644. The van der Waals surface area contributed by atoms with Gasteiger partial charge in [0.15, 0.2) is 4.80 Å². The summed E-state index contributed by atoms with van der Waals surface area (Å²) in [6, 6.07) is 10.5. The van der Waals surface area contributed by atoms with Crippen molar-refractivity contribution in [1.82, 2.24) is 4.57 Å². The van der Waals surface area contributed by atoms with E-state index in [0.29, 0.717) is 45.0 Å². The van der Waals surface area contributed by atoms with Gasteiger partial charge in [0, 0.05) is 35.4 Å². The van der Waals surface area contributed by atoms with Gasteiger partial charge in [0.05, 0.1) is 31.5 Å². The third kappa shape index (κ3) is 4.86. The highest BCUT2D eigenvalue weighted by Crippen LogP contribution is 2.29. The predicted octanol–water partition coefficient (Wildman–Crippen LogP) is 3.25. The lowest BCUT2D eigenvalue weighted by atomic mass is 10.2. The highest BCUT2D eigenvalue weighted by atomic mass is 32.2. The summed E-state index contributed by atoms with van der Waals surface area (Å²) in [7, 11) is -3.88. The second-order valence-corrected chi connectivity index (χ2v) is 10.6. The van der Waals surface area contributed by atoms with Crippen molar-refractivity contribution >= 4 is 64.6 Å². The van der Waals surface area contributed by atoms with Crippen molar-refractivity contribution in [3.05, 3.63) is 62.3 Å². The minimum atomic E-state index is -3.88. The zero-order valence-corrected chi connectivity index (χ0v) is 19.7. The maximum absolute atomic E-state index is 12.9. The van der Waals surface area contributed by atoms with E-state index in [1.54, 1.807) is 22.8 Å². The molecule has 13 heteroatoms. The van der Waals surface area contributed by atoms with Gasteiger partial charge in [-0.2, -0.15) is 4.99 Å². The van der Waals surface area contributed by atoms with Crippen LogP contribution in [0.2, 0.25) is 0 Å². The van der Waals surface area contributed by atoms with Gasteiger partial charge in [0.2, 0.25) is 10.0 Å². The van der Waals surface area contributed by atoms with Crippen LogP contribution in [-0.2, 0) is 21.3 Å². The van der Waals surface area contributed by atoms with Crippen LogP contribution in [0, 0.1) is 10.1 Å². The van der Waals surface area contributed by atoms with Crippen LogP contribution in [0.4, 0.5) is 5.69 Å². The fraction of sp³-hybridized carbons (Fsp3) is 0.200. The van der Waals surface area contributed by atoms with Gasteiger partial charge in [0.1, 0.15) is 0 Å². The van der Waals surface area contributed by atoms with Crippen molar-refractivity contribution in [2.45, 2.75) is 18.4 Å². The van der Waals surface area contributed by atoms with Crippen molar-refractivity contribution < 1.29 is 22.9 Å². The molecular weight excluding hydrogens is 488 g/mol. The summed E-state index contributed by atoms with van der Waals surface area (Å²) in [6.45, 7) is 3.19. The first-order valence-corrected chi connectivity index (χ1v) is 12.9. The zero-order valence-electron chi connectivity index (χ0n) is 17.3. The summed E-state index contributed by atoms with van der Waals surface area (Å²) in [4.78, 5) is 28.4. The Bertz CT molecular complexity index is 1570. The Morgan fingerprint density at radius 3 is 2.67 bits per heavy atom. The molecule has 0 saturated heterocycles. The number of amides is 1. The number of benzene rings is 2. The summed E-state index contributed by atoms with van der Waals surface area (Å²) in [5.74, 6) is -0.498. The van der Waals surface area contributed by atoms with E-state index in [1.807, 2.05) is 6.92 Å². The molecule has 0 bridgehead atoms. The Hall–Kier alpha value is -2.97. The Labute approximate surface area is 195 Å². The second kappa shape index (κ2) is 9.11. The standard InChI is InChI=1S/C20H18N4O6S3/c1-2-30-8-7-23-15-5-4-14(33(21,28)29)11-17(15)32-20(23)22-19(25)18-10-12-9-13(24(26)27)3-6-16(12)31-18/h3-6,9-11H,2,7-8H2,1H3,(H2,21,28,29). The lowest BCUT2D eigenvalue weighted by Gasteiger charge is -2.05. The average molecular weight is 507 g/mol. The van der Waals surface area contributed by atoms with E-state index >= 15 is 0 Å². The number of primary sulfonamides is 1. The maximum atomic E-state index is 12.9. The van der Waals surface area contributed by atoms with E-state index in [0.717, 1.165) is 16.0 Å². The average Bonchev–Trinajstić information content (AvgIpc) is 3.33. The van der Waals surface area contributed by atoms with Crippen molar-refractivity contribution in [1.29, 1.82) is 0 Å². The first-order chi connectivity index (χ1) is 15.7. The van der Waals surface area contributed by atoms with Crippen LogP contribution in [0.25, 0.3) is 20.3 Å². The summed E-state index contributed by atoms with van der Waals surface area (Å²) < 4.78 is 32.0. The molecule has 4 rings (SSSR count). The lowest BCUT2D eigenvalue weighted by Crippen LogP contribution is -2.19. The number of non-ortho nitro benzene ring substituents is 1. The van der Waals surface area contributed by atoms with Gasteiger partial charge in [-0.05, 0) is 37.3 Å². The van der Waals surface area contributed by atoms with Crippen LogP contribution >= 0.6 is 22.7 Å². The molecule has 0 fully saturated rings. The predicted molar refractivity (Wildman–Crippen MR) is 126 cm³/mol. The molecule has 2 heterocycles. The molecule has 2 aromatic carbocycles. The third-order valence-corrected chi connectivity index (χ3v) is 7.82. The maximum Gasteiger partial charge on any atom is 0.289 e. The molecule has 0 radical (unpaired) electrons. The number of fused-ring (bicyclic) bond motifs is 2. The molecule has 33 heavy (non-hydrogen) atoms. The van der Waals surface area contributed by atoms with Crippen LogP contribution in [0.5, 0.6) is 0 Å². The number of nitrogens with zero attached hydrogens (tertiary/aromatic N) is 3. The number of ether oxygens (including phenoxy) is 1. The number of nitro groups is 1. The van der Waals surface area contributed by atoms with Crippen LogP contribution in [0.1, 0.15) is 16.6 Å². The molecule has 0 aliphatic carbocycles. The highest BCUT2D eigenvalue weighted by molar-refractivity contribution is 7.89. The smallest absolute Gasteiger partial charge is 0.289 e. The zero-order chi connectivity index (χ0) is 23.8. The van der Waals surface area contributed by atoms with Gasteiger partial charge in [-0.1, -0.05) is 11.3 Å². The number of thiazole rings is 1. The van der Waals surface area contributed by atoms with Gasteiger partial charge >= 0.3 is 0 Å². The Balaban J connectivity index is 1.80. The molecule has 0 aliphatic rings. The molecule has 2 aromatic heterocycles. The summed E-state index contributed by atoms with van der Waals surface area (Å²) in [6.07, 6.45) is 0. The monoisotopic (exact) mass is 506 g/mol. The number of rotatable bonds is 7. The molecule has 0 spiro atoms. The molecule has 0 unspecified atom stereocenters. The second-order valence-electron chi connectivity index (χ2n) is 6.91. The Morgan fingerprint density at radius 2 is 1.97 bits per heavy atom. The number of carbonyl (C=O) groups excluding carboxylic acids is 1. The van der Waals surface area contributed by atoms with Crippen LogP contribution in [-0.4, -0.2) is 37.0 Å². The topological polar surface area (TPSA) is 147 Å². The number of hydrogen-bond acceptors (Lipinski definition) is 8. The fourth-order valence-corrected chi connectivity index (χ4v) is 5.86. The van der Waals surface area contributed by atoms with Crippen LogP contribution < -0.4 is 9.94 Å². The van der Waals surface area contributed by atoms with Gasteiger partial charge in [-0.3, -0.25) is 14.9 Å². The largest absolute Gasteiger partial charge is 0.380 e. The molecule has 172 valence electrons. The molecule has 0 atom stereocenters. The normalized spacial score (nSPS) is 12.6. The molecule has 2 N–H and O–H groups in total. The first-order valence-electron chi connectivity index (χ1n) is 9.68. The highest BCUT2D eigenvalue weighted by Gasteiger charge is 2.16. The van der Waals surface area contributed by atoms with Gasteiger partial charge in [-0.25, -0.2) is 13.6 Å². The quantitative estimate of drug-likeness (QED) is 0.231. The van der Waals surface area contributed by atoms with E-state index in [-0.39, 0.29) is 10.6 Å². The van der Waals surface area contributed by atoms with Crippen molar-refractivity contribution in [3.8, 4) is 0 Å². The van der Waals surface area contributed by atoms with Crippen LogP contribution in [0.3, 0.4) is 0 Å². The van der Waals surface area contributed by atoms with Gasteiger partial charge < -0.3 is 9.30 Å². The molecule has 0 aliphatic heterocycles. The van der Waals surface area contributed by atoms with E-state index in [1.165, 1.54) is 35.6 Å². The first kappa shape index (κ1) is 23.2. The molecule has 4 aromatic rings. The minimum absolute atomic E-state index is 0.0304. The number of carbonyl (C=O) groups is 1. The Morgan fingerprint density at radius 1 is 1.18 bits per heavy atom. The molecular formula is C20H18N4O6S3. The number of nitrogens with two attached hydrogens (primary N) is 1. The SMILES string of the molecule is CCOCCn1c(=NC(=O)c2cc3cc([N+](=O)[O-])ccc3s2)sc2cc(S(N)(=O)=O)ccc21. The lowest BCUT2D eigenvalue weighted by molar-refractivity contribution is -0.384. The van der Waals surface area contributed by atoms with Gasteiger partial charge in [-0.15, -0.1) is 11.3 Å². The fourth-order valence-electron chi connectivity index (χ4n) is 3.22. The van der Waals surface area contributed by atoms with E-state index in [2.05, 4.69) is 4.99 Å². The number of thiophene rings is 1. The van der Waals surface area contributed by atoms with E-state index in [4.69, 9.17) is 9.88 Å². The van der Waals surface area contributed by atoms with Crippen molar-refractivity contribution in [3.63, 3.8) is 0 Å². The van der Waals surface area contributed by atoms with Gasteiger partial charge in [0.25, 0.3) is 11.6 Å². The molecule has 1 amide bonds. The number of sulfonamides is 1. The Kier molecular flexibility index (Phi) is 6.41. The van der Waals surface area contributed by atoms with E-state index in [9.17, 15) is 23.3 Å². The van der Waals surface area contributed by atoms with E-state index < -0.39 is 20.9 Å². The molecule has 0 saturated carbocycles. The number of aromatic nitrogens is 1. The summed E-state index contributed by atoms with van der Waals surface area (Å²) >= 11 is 2.36. The number of nitro benzene ring substituents is 1. The van der Waals surface area contributed by atoms with Crippen molar-refractivity contribution in [2.75, 3.05) is 13.2 Å².